The molecule has 0 aliphatic carbocycles. The van der Waals surface area contributed by atoms with Gasteiger partial charge in [-0.25, -0.2) is 0 Å². The highest BCUT2D eigenvalue weighted by Crippen LogP contribution is 2.33. The lowest BCUT2D eigenvalue weighted by Gasteiger charge is -2.08. The lowest BCUT2D eigenvalue weighted by Crippen LogP contribution is -2.09. The molecule has 2 aromatic carbocycles. The highest BCUT2D eigenvalue weighted by molar-refractivity contribution is 9.11. The van der Waals surface area contributed by atoms with Crippen LogP contribution in [0, 0.1) is 17.0 Å². The zero-order chi connectivity index (χ0) is 18.6. The van der Waals surface area contributed by atoms with E-state index in [-0.39, 0.29) is 11.4 Å². The van der Waals surface area contributed by atoms with E-state index in [0.717, 1.165) is 14.5 Å². The van der Waals surface area contributed by atoms with Crippen molar-refractivity contribution in [1.29, 1.82) is 0 Å². The molecule has 0 bridgehead atoms. The van der Waals surface area contributed by atoms with Crippen molar-refractivity contribution in [3.63, 3.8) is 0 Å². The molecule has 130 valence electrons. The Bertz CT molecular complexity index is 866. The molecule has 2 rings (SSSR count). The van der Waals surface area contributed by atoms with E-state index in [1.54, 1.807) is 25.1 Å². The van der Waals surface area contributed by atoms with Gasteiger partial charge in [0.25, 0.3) is 5.69 Å². The molecule has 0 fully saturated rings. The summed E-state index contributed by atoms with van der Waals surface area (Å²) in [6, 6.07) is 8.23. The van der Waals surface area contributed by atoms with Crippen molar-refractivity contribution >= 4 is 55.2 Å². The molecule has 0 heterocycles. The topological polar surface area (TPSA) is 81.5 Å². The second-order valence-corrected chi connectivity index (χ2v) is 6.88. The average Bonchev–Trinajstić information content (AvgIpc) is 2.54. The van der Waals surface area contributed by atoms with Gasteiger partial charge in [-0.3, -0.25) is 14.9 Å². The predicted molar refractivity (Wildman–Crippen MR) is 104 cm³/mol. The third-order valence-corrected chi connectivity index (χ3v) is 4.31. The molecular formula is C17H14Br2N2O4. The monoisotopic (exact) mass is 468 g/mol. The minimum atomic E-state index is -0.527. The molecule has 8 heteroatoms. The van der Waals surface area contributed by atoms with Gasteiger partial charge in [0.1, 0.15) is 11.4 Å². The molecule has 0 unspecified atom stereocenters. The van der Waals surface area contributed by atoms with Crippen molar-refractivity contribution in [3.05, 3.63) is 66.6 Å². The van der Waals surface area contributed by atoms with E-state index in [9.17, 15) is 14.9 Å². The first kappa shape index (κ1) is 19.1. The number of nitro groups is 1. The fourth-order valence-corrected chi connectivity index (χ4v) is 3.58. The highest BCUT2D eigenvalue weighted by atomic mass is 79.9. The number of anilines is 1. The van der Waals surface area contributed by atoms with Crippen molar-refractivity contribution in [1.82, 2.24) is 0 Å². The van der Waals surface area contributed by atoms with Crippen molar-refractivity contribution in [2.75, 3.05) is 12.4 Å². The minimum Gasteiger partial charge on any atom is -0.495 e. The first-order valence-corrected chi connectivity index (χ1v) is 8.67. The Morgan fingerprint density at radius 2 is 2.00 bits per heavy atom. The largest absolute Gasteiger partial charge is 0.495 e. The maximum Gasteiger partial charge on any atom is 0.293 e. The molecule has 25 heavy (non-hydrogen) atoms. The van der Waals surface area contributed by atoms with Crippen molar-refractivity contribution in [2.45, 2.75) is 6.92 Å². The molecule has 6 nitrogen and oxygen atoms in total. The van der Waals surface area contributed by atoms with Crippen molar-refractivity contribution in [2.24, 2.45) is 0 Å². The second kappa shape index (κ2) is 8.26. The number of rotatable bonds is 5. The predicted octanol–water partition coefficient (Wildman–Crippen LogP) is 5.09. The van der Waals surface area contributed by atoms with Gasteiger partial charge in [-0.1, -0.05) is 22.0 Å². The van der Waals surface area contributed by atoms with Gasteiger partial charge in [0.2, 0.25) is 5.91 Å². The normalized spacial score (nSPS) is 10.7. The third kappa shape index (κ3) is 4.90. The summed E-state index contributed by atoms with van der Waals surface area (Å²) in [5.41, 5.74) is 1.42. The Morgan fingerprint density at radius 1 is 1.28 bits per heavy atom. The maximum atomic E-state index is 12.1. The molecule has 0 saturated carbocycles. The minimum absolute atomic E-state index is 0.146. The fourth-order valence-electron chi connectivity index (χ4n) is 2.16. The van der Waals surface area contributed by atoms with Crippen LogP contribution in [-0.4, -0.2) is 17.9 Å². The Balaban J connectivity index is 2.24. The van der Waals surface area contributed by atoms with E-state index in [1.807, 2.05) is 6.07 Å². The van der Waals surface area contributed by atoms with E-state index in [0.29, 0.717) is 11.3 Å². The van der Waals surface area contributed by atoms with Gasteiger partial charge in [0.15, 0.2) is 0 Å². The van der Waals surface area contributed by atoms with E-state index >= 15 is 0 Å². The molecule has 0 atom stereocenters. The molecular weight excluding hydrogens is 456 g/mol. The summed E-state index contributed by atoms with van der Waals surface area (Å²) in [5, 5.41) is 13.6. The number of carbonyl (C=O) groups excluding carboxylic acids is 1. The van der Waals surface area contributed by atoms with Crippen LogP contribution in [0.25, 0.3) is 6.08 Å². The van der Waals surface area contributed by atoms with Crippen LogP contribution in [0.15, 0.2) is 45.4 Å². The number of hydrogen-bond donors (Lipinski definition) is 1. The lowest BCUT2D eigenvalue weighted by atomic mass is 10.1. The molecule has 1 N–H and O–H groups in total. The number of hydrogen-bond acceptors (Lipinski definition) is 4. The zero-order valence-electron chi connectivity index (χ0n) is 13.4. The number of ether oxygens (including phenoxy) is 1. The van der Waals surface area contributed by atoms with Gasteiger partial charge in [0, 0.05) is 22.2 Å². The van der Waals surface area contributed by atoms with Crippen LogP contribution in [0.3, 0.4) is 0 Å². The highest BCUT2D eigenvalue weighted by Gasteiger charge is 2.15. The van der Waals surface area contributed by atoms with Gasteiger partial charge in [0.05, 0.1) is 16.5 Å². The number of nitrogens with one attached hydrogen (secondary N) is 1. The summed E-state index contributed by atoms with van der Waals surface area (Å²) in [4.78, 5) is 22.7. The molecule has 2 aromatic rings. The molecule has 1 amide bonds. The van der Waals surface area contributed by atoms with Gasteiger partial charge < -0.3 is 10.1 Å². The molecule has 0 aliphatic rings. The smallest absolute Gasteiger partial charge is 0.293 e. The maximum absolute atomic E-state index is 12.1. The molecule has 0 radical (unpaired) electrons. The number of methoxy groups -OCH3 is 1. The Labute approximate surface area is 161 Å². The van der Waals surface area contributed by atoms with Gasteiger partial charge in [-0.2, -0.15) is 0 Å². The summed E-state index contributed by atoms with van der Waals surface area (Å²) in [6.07, 6.45) is 2.87. The van der Waals surface area contributed by atoms with Gasteiger partial charge >= 0.3 is 0 Å². The standard InChI is InChI=1S/C17H14Br2N2O4/c1-10-3-5-14(15(7-10)21(23)24)20-16(22)6-4-11-8-12(18)9-13(19)17(11)25-2/h3-9H,1-2H3,(H,20,22). The van der Waals surface area contributed by atoms with Crippen LogP contribution in [-0.2, 0) is 4.79 Å². The zero-order valence-corrected chi connectivity index (χ0v) is 16.5. The third-order valence-electron chi connectivity index (χ3n) is 3.26. The number of benzene rings is 2. The summed E-state index contributed by atoms with van der Waals surface area (Å²) >= 11 is 6.76. The first-order chi connectivity index (χ1) is 11.8. The van der Waals surface area contributed by atoms with Crippen LogP contribution in [0.2, 0.25) is 0 Å². The average molecular weight is 470 g/mol. The van der Waals surface area contributed by atoms with Gasteiger partial charge in [-0.05, 0) is 52.7 Å². The number of carbonyl (C=O) groups is 1. The van der Waals surface area contributed by atoms with Crippen LogP contribution in [0.5, 0.6) is 5.75 Å². The molecule has 0 aromatic heterocycles. The van der Waals surface area contributed by atoms with E-state index < -0.39 is 10.8 Å². The Morgan fingerprint density at radius 3 is 2.64 bits per heavy atom. The van der Waals surface area contributed by atoms with E-state index in [1.165, 1.54) is 25.3 Å². The van der Waals surface area contributed by atoms with Crippen LogP contribution in [0.1, 0.15) is 11.1 Å². The number of nitrogens with zero attached hydrogens (tertiary/aromatic N) is 1. The van der Waals surface area contributed by atoms with E-state index in [2.05, 4.69) is 37.2 Å². The summed E-state index contributed by atoms with van der Waals surface area (Å²) < 4.78 is 6.85. The van der Waals surface area contributed by atoms with Crippen LogP contribution < -0.4 is 10.1 Å². The van der Waals surface area contributed by atoms with Crippen LogP contribution in [0.4, 0.5) is 11.4 Å². The molecule has 0 spiro atoms. The Hall–Kier alpha value is -2.19. The Kier molecular flexibility index (Phi) is 6.33. The summed E-state index contributed by atoms with van der Waals surface area (Å²) in [5.74, 6) is 0.0960. The van der Waals surface area contributed by atoms with Gasteiger partial charge in [-0.15, -0.1) is 0 Å². The number of aryl methyl sites for hydroxylation is 1. The molecule has 0 aliphatic heterocycles. The number of nitro benzene ring substituents is 1. The fraction of sp³-hybridized carbons (Fsp3) is 0.118. The second-order valence-electron chi connectivity index (χ2n) is 5.11. The summed E-state index contributed by atoms with van der Waals surface area (Å²) in [6.45, 7) is 1.75. The van der Waals surface area contributed by atoms with Crippen molar-refractivity contribution in [3.8, 4) is 5.75 Å². The van der Waals surface area contributed by atoms with Crippen molar-refractivity contribution < 1.29 is 14.5 Å². The van der Waals surface area contributed by atoms with E-state index in [4.69, 9.17) is 4.74 Å². The molecule has 0 saturated heterocycles. The quantitative estimate of drug-likeness (QED) is 0.375. The lowest BCUT2D eigenvalue weighted by molar-refractivity contribution is -0.384. The first-order valence-electron chi connectivity index (χ1n) is 7.09. The summed E-state index contributed by atoms with van der Waals surface area (Å²) in [7, 11) is 1.53. The SMILES string of the molecule is COc1c(Br)cc(Br)cc1C=CC(=O)Nc1ccc(C)cc1[N+](=O)[O-]. The number of halogens is 2. The van der Waals surface area contributed by atoms with Crippen LogP contribution >= 0.6 is 31.9 Å². The number of amides is 1.